The molecule has 3 aromatic rings. The highest BCUT2D eigenvalue weighted by molar-refractivity contribution is 7.99. The first kappa shape index (κ1) is 21.2. The molecule has 0 atom stereocenters. The van der Waals surface area contributed by atoms with Crippen LogP contribution < -0.4 is 5.43 Å². The van der Waals surface area contributed by atoms with Crippen molar-refractivity contribution >= 4 is 35.5 Å². The van der Waals surface area contributed by atoms with Crippen molar-refractivity contribution in [3.05, 3.63) is 87.7 Å². The summed E-state index contributed by atoms with van der Waals surface area (Å²) in [4.78, 5) is 12.0. The summed E-state index contributed by atoms with van der Waals surface area (Å²) in [5.74, 6) is 1.07. The molecule has 0 saturated heterocycles. The van der Waals surface area contributed by atoms with Crippen LogP contribution in [0.4, 0.5) is 0 Å². The van der Waals surface area contributed by atoms with E-state index in [9.17, 15) is 4.79 Å². The number of benzene rings is 2. The second-order valence-electron chi connectivity index (χ2n) is 6.91. The monoisotopic (exact) mass is 425 g/mol. The van der Waals surface area contributed by atoms with E-state index in [1.54, 1.807) is 18.0 Å². The molecule has 0 aliphatic rings. The van der Waals surface area contributed by atoms with Gasteiger partial charge in [0.25, 0.3) is 0 Å². The molecular formula is C23H24ClN3OS. The molecule has 0 unspecified atom stereocenters. The second-order valence-corrected chi connectivity index (χ2v) is 8.33. The third kappa shape index (κ3) is 5.75. The van der Waals surface area contributed by atoms with Gasteiger partial charge >= 0.3 is 0 Å². The molecule has 1 amide bonds. The van der Waals surface area contributed by atoms with Crippen molar-refractivity contribution in [3.8, 4) is 5.69 Å². The van der Waals surface area contributed by atoms with Gasteiger partial charge in [-0.1, -0.05) is 41.4 Å². The van der Waals surface area contributed by atoms with Gasteiger partial charge in [0.1, 0.15) is 0 Å². The highest BCUT2D eigenvalue weighted by atomic mass is 35.5. The second kappa shape index (κ2) is 9.81. The maximum Gasteiger partial charge on any atom is 0.250 e. The Bertz CT molecular complexity index is 1010. The van der Waals surface area contributed by atoms with Gasteiger partial charge in [-0.3, -0.25) is 4.79 Å². The Morgan fingerprint density at radius 2 is 1.79 bits per heavy atom. The lowest BCUT2D eigenvalue weighted by atomic mass is 10.2. The minimum atomic E-state index is -0.107. The highest BCUT2D eigenvalue weighted by Crippen LogP contribution is 2.21. The van der Waals surface area contributed by atoms with E-state index in [4.69, 9.17) is 11.6 Å². The van der Waals surface area contributed by atoms with Crippen LogP contribution in [0.2, 0.25) is 5.02 Å². The number of carbonyl (C=O) groups is 1. The molecule has 150 valence electrons. The van der Waals surface area contributed by atoms with Crippen molar-refractivity contribution in [1.29, 1.82) is 0 Å². The zero-order valence-corrected chi connectivity index (χ0v) is 18.3. The van der Waals surface area contributed by atoms with Gasteiger partial charge in [-0.2, -0.15) is 5.10 Å². The van der Waals surface area contributed by atoms with Crippen LogP contribution in [0.15, 0.2) is 59.7 Å². The maximum atomic E-state index is 12.0. The first-order chi connectivity index (χ1) is 13.9. The lowest BCUT2D eigenvalue weighted by Crippen LogP contribution is -2.19. The number of rotatable bonds is 7. The number of halogens is 1. The third-order valence-corrected chi connectivity index (χ3v) is 5.83. The number of hydrazone groups is 1. The number of amides is 1. The summed E-state index contributed by atoms with van der Waals surface area (Å²) in [5, 5.41) is 4.84. The number of nitrogens with zero attached hydrogens (tertiary/aromatic N) is 2. The van der Waals surface area contributed by atoms with E-state index in [0.717, 1.165) is 28.4 Å². The topological polar surface area (TPSA) is 46.4 Å². The van der Waals surface area contributed by atoms with Gasteiger partial charge in [0, 0.05) is 33.4 Å². The average Bonchev–Trinajstić information content (AvgIpc) is 2.98. The van der Waals surface area contributed by atoms with E-state index in [1.165, 1.54) is 11.1 Å². The van der Waals surface area contributed by atoms with Gasteiger partial charge in [0.05, 0.1) is 12.0 Å². The van der Waals surface area contributed by atoms with Gasteiger partial charge in [-0.05, 0) is 56.7 Å². The standard InChI is InChI=1S/C23H24ClN3OS/c1-16-4-6-19(7-5-16)14-29-15-23(28)26-25-13-20-12-17(2)27(18(20)3)22-10-8-21(24)9-11-22/h4-13H,14-15H2,1-3H3,(H,26,28)/b25-13-. The number of carbonyl (C=O) groups excluding carboxylic acids is 1. The predicted molar refractivity (Wildman–Crippen MR) is 123 cm³/mol. The van der Waals surface area contributed by atoms with Crippen LogP contribution in [0.25, 0.3) is 5.69 Å². The number of hydrogen-bond donors (Lipinski definition) is 1. The molecular weight excluding hydrogens is 402 g/mol. The van der Waals surface area contributed by atoms with Crippen LogP contribution in [0, 0.1) is 20.8 Å². The van der Waals surface area contributed by atoms with Crippen molar-refractivity contribution in [3.63, 3.8) is 0 Å². The molecule has 0 aliphatic heterocycles. The summed E-state index contributed by atoms with van der Waals surface area (Å²) in [5.41, 5.74) is 9.21. The summed E-state index contributed by atoms with van der Waals surface area (Å²) < 4.78 is 2.14. The average molecular weight is 426 g/mol. The molecule has 1 aromatic heterocycles. The summed E-state index contributed by atoms with van der Waals surface area (Å²) in [7, 11) is 0. The number of nitrogens with one attached hydrogen (secondary N) is 1. The number of thioether (sulfide) groups is 1. The lowest BCUT2D eigenvalue weighted by Gasteiger charge is -2.09. The molecule has 0 saturated carbocycles. The van der Waals surface area contributed by atoms with Crippen LogP contribution in [0.1, 0.15) is 28.1 Å². The minimum absolute atomic E-state index is 0.107. The zero-order valence-electron chi connectivity index (χ0n) is 16.8. The first-order valence-corrected chi connectivity index (χ1v) is 10.9. The summed E-state index contributed by atoms with van der Waals surface area (Å²) >= 11 is 7.56. The first-order valence-electron chi connectivity index (χ1n) is 9.34. The van der Waals surface area contributed by atoms with E-state index in [0.29, 0.717) is 10.8 Å². The fourth-order valence-electron chi connectivity index (χ4n) is 3.06. The summed E-state index contributed by atoms with van der Waals surface area (Å²) in [6.07, 6.45) is 1.69. The van der Waals surface area contributed by atoms with Crippen molar-refractivity contribution in [2.75, 3.05) is 5.75 Å². The van der Waals surface area contributed by atoms with Gasteiger partial charge in [0.2, 0.25) is 5.91 Å². The molecule has 0 fully saturated rings. The lowest BCUT2D eigenvalue weighted by molar-refractivity contribution is -0.118. The van der Waals surface area contributed by atoms with Crippen LogP contribution >= 0.6 is 23.4 Å². The van der Waals surface area contributed by atoms with Gasteiger partial charge in [-0.15, -0.1) is 11.8 Å². The molecule has 0 aliphatic carbocycles. The van der Waals surface area contributed by atoms with Crippen molar-refractivity contribution in [2.45, 2.75) is 26.5 Å². The van der Waals surface area contributed by atoms with Crippen molar-refractivity contribution in [1.82, 2.24) is 9.99 Å². The number of hydrogen-bond acceptors (Lipinski definition) is 3. The Morgan fingerprint density at radius 1 is 1.10 bits per heavy atom. The molecule has 2 aromatic carbocycles. The van der Waals surface area contributed by atoms with Crippen LogP contribution in [0.5, 0.6) is 0 Å². The van der Waals surface area contributed by atoms with Crippen LogP contribution in [-0.2, 0) is 10.5 Å². The molecule has 6 heteroatoms. The summed E-state index contributed by atoms with van der Waals surface area (Å²) in [6.45, 7) is 6.14. The fraction of sp³-hybridized carbons (Fsp3) is 0.217. The van der Waals surface area contributed by atoms with E-state index < -0.39 is 0 Å². The van der Waals surface area contributed by atoms with E-state index in [2.05, 4.69) is 46.3 Å². The smallest absolute Gasteiger partial charge is 0.250 e. The quantitative estimate of drug-likeness (QED) is 0.404. The Morgan fingerprint density at radius 3 is 2.48 bits per heavy atom. The number of aryl methyl sites for hydroxylation is 2. The Labute approximate surface area is 181 Å². The Hall–Kier alpha value is -2.50. The van der Waals surface area contributed by atoms with E-state index in [-0.39, 0.29) is 5.91 Å². The zero-order chi connectivity index (χ0) is 20.8. The predicted octanol–water partition coefficient (Wildman–Crippen LogP) is 5.44. The molecule has 1 N–H and O–H groups in total. The molecule has 0 spiro atoms. The fourth-order valence-corrected chi connectivity index (χ4v) is 3.96. The minimum Gasteiger partial charge on any atom is -0.318 e. The van der Waals surface area contributed by atoms with E-state index in [1.807, 2.05) is 44.2 Å². The molecule has 3 rings (SSSR count). The molecule has 1 heterocycles. The van der Waals surface area contributed by atoms with Crippen molar-refractivity contribution < 1.29 is 4.79 Å². The molecule has 29 heavy (non-hydrogen) atoms. The number of aromatic nitrogens is 1. The summed E-state index contributed by atoms with van der Waals surface area (Å²) in [6, 6.07) is 18.1. The van der Waals surface area contributed by atoms with Gasteiger partial charge in [-0.25, -0.2) is 5.43 Å². The Kier molecular flexibility index (Phi) is 7.18. The SMILES string of the molecule is Cc1ccc(CSCC(=O)N/N=C\c2cc(C)n(-c3ccc(Cl)cc3)c2C)cc1. The molecule has 4 nitrogen and oxygen atoms in total. The Balaban J connectivity index is 1.54. The van der Waals surface area contributed by atoms with Crippen LogP contribution in [-0.4, -0.2) is 22.4 Å². The maximum absolute atomic E-state index is 12.0. The molecule has 0 radical (unpaired) electrons. The normalized spacial score (nSPS) is 11.2. The van der Waals surface area contributed by atoms with Crippen LogP contribution in [0.3, 0.4) is 0 Å². The van der Waals surface area contributed by atoms with E-state index >= 15 is 0 Å². The molecule has 0 bridgehead atoms. The highest BCUT2D eigenvalue weighted by Gasteiger charge is 2.09. The third-order valence-electron chi connectivity index (χ3n) is 4.57. The largest absolute Gasteiger partial charge is 0.318 e. The van der Waals surface area contributed by atoms with Gasteiger partial charge in [0.15, 0.2) is 0 Å². The van der Waals surface area contributed by atoms with Crippen molar-refractivity contribution in [2.24, 2.45) is 5.10 Å². The van der Waals surface area contributed by atoms with Gasteiger partial charge < -0.3 is 4.57 Å².